The Morgan fingerprint density at radius 3 is 2.71 bits per heavy atom. The van der Waals surface area contributed by atoms with E-state index in [9.17, 15) is 9.59 Å². The van der Waals surface area contributed by atoms with E-state index in [4.69, 9.17) is 11.6 Å². The van der Waals surface area contributed by atoms with Gasteiger partial charge in [-0.05, 0) is 12.1 Å². The lowest BCUT2D eigenvalue weighted by atomic mass is 10.2. The number of nitrogens with zero attached hydrogens (tertiary/aromatic N) is 3. The van der Waals surface area contributed by atoms with E-state index in [1.807, 2.05) is 12.1 Å². The first-order chi connectivity index (χ1) is 11.5. The molecule has 0 radical (unpaired) electrons. The van der Waals surface area contributed by atoms with Crippen molar-refractivity contribution in [2.75, 3.05) is 20.7 Å². The number of carbonyl (C=O) groups excluding carboxylic acids is 2. The van der Waals surface area contributed by atoms with Gasteiger partial charge in [-0.2, -0.15) is 0 Å². The van der Waals surface area contributed by atoms with E-state index < -0.39 is 5.97 Å². The summed E-state index contributed by atoms with van der Waals surface area (Å²) in [6.07, 6.45) is 1.80. The summed E-state index contributed by atoms with van der Waals surface area (Å²) < 4.78 is 6.31. The maximum absolute atomic E-state index is 12.5. The van der Waals surface area contributed by atoms with Crippen molar-refractivity contribution in [2.45, 2.75) is 0 Å². The number of halogens is 1. The minimum atomic E-state index is -0.468. The Bertz CT molecular complexity index is 901. The topological polar surface area (TPSA) is 63.9 Å². The molecule has 0 saturated carbocycles. The van der Waals surface area contributed by atoms with Crippen LogP contribution in [-0.4, -0.2) is 46.9 Å². The van der Waals surface area contributed by atoms with Gasteiger partial charge in [0.1, 0.15) is 12.2 Å². The van der Waals surface area contributed by atoms with E-state index in [1.54, 1.807) is 35.2 Å². The van der Waals surface area contributed by atoms with Crippen molar-refractivity contribution in [1.82, 2.24) is 14.3 Å². The largest absolute Gasteiger partial charge is 0.468 e. The highest BCUT2D eigenvalue weighted by Gasteiger charge is 2.20. The number of thiazole rings is 1. The van der Waals surface area contributed by atoms with Crippen molar-refractivity contribution < 1.29 is 14.3 Å². The molecule has 2 aromatic heterocycles. The number of rotatable bonds is 4. The van der Waals surface area contributed by atoms with Gasteiger partial charge in [0.2, 0.25) is 0 Å². The number of fused-ring (bicyclic) bond motifs is 1. The molecule has 6 nitrogen and oxygen atoms in total. The Kier molecular flexibility index (Phi) is 4.55. The molecule has 0 bridgehead atoms. The first-order valence-electron chi connectivity index (χ1n) is 7.04. The Labute approximate surface area is 147 Å². The van der Waals surface area contributed by atoms with Crippen molar-refractivity contribution in [1.29, 1.82) is 0 Å². The Morgan fingerprint density at radius 2 is 2.04 bits per heavy atom. The van der Waals surface area contributed by atoms with Crippen molar-refractivity contribution in [3.05, 3.63) is 46.6 Å². The van der Waals surface area contributed by atoms with Gasteiger partial charge >= 0.3 is 5.97 Å². The Balaban J connectivity index is 1.91. The maximum Gasteiger partial charge on any atom is 0.325 e. The van der Waals surface area contributed by atoms with Crippen molar-refractivity contribution in [3.63, 3.8) is 0 Å². The van der Waals surface area contributed by atoms with E-state index in [0.29, 0.717) is 15.7 Å². The number of methoxy groups -OCH3 is 1. The third kappa shape index (κ3) is 3.13. The summed E-state index contributed by atoms with van der Waals surface area (Å²) in [7, 11) is 2.84. The summed E-state index contributed by atoms with van der Waals surface area (Å²) in [5.74, 6) is -0.739. The normalized spacial score (nSPS) is 10.8. The maximum atomic E-state index is 12.5. The molecule has 0 saturated heterocycles. The van der Waals surface area contributed by atoms with E-state index in [-0.39, 0.29) is 12.5 Å². The van der Waals surface area contributed by atoms with Crippen LogP contribution in [0.5, 0.6) is 0 Å². The molecule has 1 amide bonds. The molecule has 0 aliphatic carbocycles. The second-order valence-corrected chi connectivity index (χ2v) is 6.42. The average molecular weight is 364 g/mol. The molecule has 0 spiro atoms. The van der Waals surface area contributed by atoms with Crippen LogP contribution in [-0.2, 0) is 9.53 Å². The summed E-state index contributed by atoms with van der Waals surface area (Å²) in [4.78, 5) is 30.4. The molecular weight excluding hydrogens is 350 g/mol. The number of ether oxygens (including phenoxy) is 1. The first kappa shape index (κ1) is 16.5. The zero-order valence-corrected chi connectivity index (χ0v) is 14.6. The van der Waals surface area contributed by atoms with Crippen LogP contribution in [0.25, 0.3) is 16.2 Å². The quantitative estimate of drug-likeness (QED) is 0.668. The lowest BCUT2D eigenvalue weighted by molar-refractivity contribution is -0.141. The highest BCUT2D eigenvalue weighted by atomic mass is 35.5. The van der Waals surface area contributed by atoms with Gasteiger partial charge in [0.25, 0.3) is 5.91 Å². The number of esters is 1. The van der Waals surface area contributed by atoms with Gasteiger partial charge in [-0.1, -0.05) is 23.7 Å². The molecule has 124 valence electrons. The van der Waals surface area contributed by atoms with Gasteiger partial charge in [0, 0.05) is 29.2 Å². The van der Waals surface area contributed by atoms with Crippen LogP contribution in [0.4, 0.5) is 0 Å². The molecule has 2 heterocycles. The second kappa shape index (κ2) is 6.62. The molecule has 3 aromatic rings. The fraction of sp³-hybridized carbons (Fsp3) is 0.188. The summed E-state index contributed by atoms with van der Waals surface area (Å²) >= 11 is 7.27. The predicted molar refractivity (Wildman–Crippen MR) is 92.5 cm³/mol. The lowest BCUT2D eigenvalue weighted by Gasteiger charge is -2.14. The molecule has 0 fully saturated rings. The molecule has 0 unspecified atom stereocenters. The Hall–Kier alpha value is -2.38. The molecule has 0 aliphatic rings. The minimum absolute atomic E-state index is 0.106. The molecule has 0 N–H and O–H groups in total. The molecule has 8 heteroatoms. The third-order valence-corrected chi connectivity index (χ3v) is 4.60. The fourth-order valence-electron chi connectivity index (χ4n) is 2.22. The van der Waals surface area contributed by atoms with Crippen molar-refractivity contribution >= 4 is 39.8 Å². The summed E-state index contributed by atoms with van der Waals surface area (Å²) in [6.45, 7) is -0.106. The molecular formula is C16H14ClN3O3S. The van der Waals surface area contributed by atoms with Crippen LogP contribution in [0, 0.1) is 0 Å². The van der Waals surface area contributed by atoms with E-state index in [1.165, 1.54) is 23.3 Å². The monoisotopic (exact) mass is 363 g/mol. The fourth-order valence-corrected chi connectivity index (χ4v) is 3.20. The number of hydrogen-bond acceptors (Lipinski definition) is 5. The van der Waals surface area contributed by atoms with Crippen molar-refractivity contribution in [2.24, 2.45) is 0 Å². The van der Waals surface area contributed by atoms with Gasteiger partial charge < -0.3 is 9.64 Å². The predicted octanol–water partition coefficient (Wildman–Crippen LogP) is 2.96. The number of hydrogen-bond donors (Lipinski definition) is 0. The van der Waals surface area contributed by atoms with Crippen LogP contribution >= 0.6 is 22.9 Å². The first-order valence-corrected chi connectivity index (χ1v) is 8.30. The van der Waals surface area contributed by atoms with Gasteiger partial charge in [0.15, 0.2) is 4.96 Å². The lowest BCUT2D eigenvalue weighted by Crippen LogP contribution is -2.33. The van der Waals surface area contributed by atoms with E-state index in [2.05, 4.69) is 9.72 Å². The van der Waals surface area contributed by atoms with Gasteiger partial charge in [-0.15, -0.1) is 11.3 Å². The van der Waals surface area contributed by atoms with E-state index >= 15 is 0 Å². The zero-order valence-electron chi connectivity index (χ0n) is 13.0. The van der Waals surface area contributed by atoms with Crippen LogP contribution in [0.15, 0.2) is 35.8 Å². The average Bonchev–Trinajstić information content (AvgIpc) is 3.15. The Morgan fingerprint density at radius 1 is 1.33 bits per heavy atom. The minimum Gasteiger partial charge on any atom is -0.468 e. The van der Waals surface area contributed by atoms with Crippen LogP contribution in [0.1, 0.15) is 10.5 Å². The molecule has 0 aliphatic heterocycles. The molecule has 3 rings (SSSR count). The molecule has 1 aromatic carbocycles. The van der Waals surface area contributed by atoms with Gasteiger partial charge in [-0.3, -0.25) is 14.0 Å². The molecule has 24 heavy (non-hydrogen) atoms. The van der Waals surface area contributed by atoms with Gasteiger partial charge in [-0.25, -0.2) is 4.98 Å². The number of aromatic nitrogens is 2. The smallest absolute Gasteiger partial charge is 0.325 e. The standard InChI is InChI=1S/C16H14ClN3O3S/c1-19(8-14(21)23-2)15(22)13-9-24-16-18-12(7-20(13)16)10-3-5-11(17)6-4-10/h3-7,9H,8H2,1-2H3. The number of benzene rings is 1. The SMILES string of the molecule is COC(=O)CN(C)C(=O)c1csc2nc(-c3ccc(Cl)cc3)cn12. The van der Waals surface area contributed by atoms with Crippen molar-refractivity contribution in [3.8, 4) is 11.3 Å². The highest BCUT2D eigenvalue weighted by Crippen LogP contribution is 2.25. The summed E-state index contributed by atoms with van der Waals surface area (Å²) in [6, 6.07) is 7.33. The number of amides is 1. The van der Waals surface area contributed by atoms with Crippen LogP contribution in [0.2, 0.25) is 5.02 Å². The zero-order chi connectivity index (χ0) is 17.3. The molecule has 0 atom stereocenters. The van der Waals surface area contributed by atoms with Crippen LogP contribution in [0.3, 0.4) is 0 Å². The number of carbonyl (C=O) groups is 2. The van der Waals surface area contributed by atoms with Crippen LogP contribution < -0.4 is 0 Å². The second-order valence-electron chi connectivity index (χ2n) is 5.14. The van der Waals surface area contributed by atoms with Gasteiger partial charge in [0.05, 0.1) is 12.8 Å². The number of likely N-dealkylation sites (N-methyl/N-ethyl adjacent to an activating group) is 1. The third-order valence-electron chi connectivity index (χ3n) is 3.51. The summed E-state index contributed by atoms with van der Waals surface area (Å²) in [5.41, 5.74) is 2.12. The highest BCUT2D eigenvalue weighted by molar-refractivity contribution is 7.15. The van der Waals surface area contributed by atoms with E-state index in [0.717, 1.165) is 11.3 Å². The summed E-state index contributed by atoms with van der Waals surface area (Å²) in [5, 5.41) is 2.38. The number of imidazole rings is 1.